The Morgan fingerprint density at radius 2 is 1.86 bits per heavy atom. The highest BCUT2D eigenvalue weighted by molar-refractivity contribution is 7.17. The van der Waals surface area contributed by atoms with Crippen LogP contribution >= 0.6 is 11.3 Å². The molecule has 1 amide bonds. The van der Waals surface area contributed by atoms with Crippen molar-refractivity contribution in [2.24, 2.45) is 0 Å². The van der Waals surface area contributed by atoms with E-state index in [0.717, 1.165) is 16.2 Å². The minimum absolute atomic E-state index is 0.00298. The van der Waals surface area contributed by atoms with E-state index in [4.69, 9.17) is 9.47 Å². The van der Waals surface area contributed by atoms with Gasteiger partial charge in [0.2, 0.25) is 0 Å². The van der Waals surface area contributed by atoms with E-state index < -0.39 is 35.3 Å². The third kappa shape index (κ3) is 4.06. The highest BCUT2D eigenvalue weighted by Crippen LogP contribution is 2.44. The van der Waals surface area contributed by atoms with E-state index in [0.29, 0.717) is 11.3 Å². The molecule has 1 aliphatic heterocycles. The average molecular weight is 497 g/mol. The number of anilines is 1. The summed E-state index contributed by atoms with van der Waals surface area (Å²) in [6, 6.07) is 9.09. The number of ether oxygens (including phenoxy) is 2. The lowest BCUT2D eigenvalue weighted by Crippen LogP contribution is -2.29. The van der Waals surface area contributed by atoms with Gasteiger partial charge in [0, 0.05) is 11.1 Å². The Balaban J connectivity index is 1.95. The van der Waals surface area contributed by atoms with Crippen molar-refractivity contribution in [1.29, 1.82) is 0 Å². The molecule has 35 heavy (non-hydrogen) atoms. The maximum Gasteiger partial charge on any atom is 0.350 e. The van der Waals surface area contributed by atoms with E-state index in [9.17, 15) is 23.9 Å². The molecule has 0 spiro atoms. The second-order valence-electron chi connectivity index (χ2n) is 7.78. The van der Waals surface area contributed by atoms with Gasteiger partial charge in [-0.15, -0.1) is 0 Å². The van der Waals surface area contributed by atoms with Crippen molar-refractivity contribution < 1.29 is 33.4 Å². The van der Waals surface area contributed by atoms with E-state index in [1.165, 1.54) is 38.5 Å². The van der Waals surface area contributed by atoms with Gasteiger partial charge >= 0.3 is 11.9 Å². The minimum Gasteiger partial charge on any atom is -0.507 e. The van der Waals surface area contributed by atoms with Crippen LogP contribution in [0.25, 0.3) is 5.76 Å². The number of carbonyl (C=O) groups excluding carboxylic acids is 3. The maximum atomic E-state index is 15.0. The van der Waals surface area contributed by atoms with Crippen LogP contribution in [-0.2, 0) is 14.3 Å². The van der Waals surface area contributed by atoms with E-state index >= 15 is 0 Å². The largest absolute Gasteiger partial charge is 0.507 e. The molecule has 0 aliphatic carbocycles. The van der Waals surface area contributed by atoms with Crippen molar-refractivity contribution in [2.75, 3.05) is 19.1 Å². The summed E-state index contributed by atoms with van der Waals surface area (Å²) in [5.74, 6) is -3.24. The number of benzene rings is 2. The van der Waals surface area contributed by atoms with Crippen LogP contribution in [0.3, 0.4) is 0 Å². The zero-order chi connectivity index (χ0) is 25.4. The molecule has 3 aromatic rings. The number of methoxy groups -OCH3 is 2. The quantitative estimate of drug-likeness (QED) is 0.243. The minimum atomic E-state index is -1.31. The molecule has 0 unspecified atom stereocenters. The molecule has 10 heteroatoms. The molecule has 1 N–H and O–H groups in total. The lowest BCUT2D eigenvalue weighted by molar-refractivity contribution is -0.132. The van der Waals surface area contributed by atoms with E-state index in [1.54, 1.807) is 32.0 Å². The van der Waals surface area contributed by atoms with Crippen molar-refractivity contribution >= 4 is 39.9 Å². The van der Waals surface area contributed by atoms with Crippen LogP contribution in [0.15, 0.2) is 48.0 Å². The van der Waals surface area contributed by atoms with E-state index in [-0.39, 0.29) is 32.4 Å². The molecule has 0 radical (unpaired) electrons. The van der Waals surface area contributed by atoms with Gasteiger partial charge in [-0.1, -0.05) is 29.5 Å². The first kappa shape index (κ1) is 24.1. The van der Waals surface area contributed by atoms with Gasteiger partial charge in [-0.05, 0) is 43.7 Å². The Morgan fingerprint density at radius 1 is 1.14 bits per heavy atom. The van der Waals surface area contributed by atoms with Gasteiger partial charge in [0.05, 0.1) is 25.5 Å². The third-order valence-corrected chi connectivity index (χ3v) is 6.81. The number of ketones is 1. The number of aromatic nitrogens is 1. The predicted octanol–water partition coefficient (Wildman–Crippen LogP) is 4.32. The number of thiazole rings is 1. The first-order valence-corrected chi connectivity index (χ1v) is 11.3. The molecule has 2 aromatic carbocycles. The summed E-state index contributed by atoms with van der Waals surface area (Å²) in [6.45, 7) is 3.32. The number of hydrogen-bond acceptors (Lipinski definition) is 8. The molecule has 1 aliphatic rings. The van der Waals surface area contributed by atoms with Crippen molar-refractivity contribution in [2.45, 2.75) is 19.9 Å². The average Bonchev–Trinajstić information content (AvgIpc) is 3.35. The standard InChI is InChI=1S/C25H21FN2O6S/c1-12-11-14(9-10-17(12)33-3)20(29)18-19(15-7-5-6-8-16(15)26)28(23(31)21(18)30)25-27-13(2)22(35-25)24(32)34-4/h5-11,19,29H,1-4H3/t19-/m1/s1. The molecular formula is C25H21FN2O6S. The van der Waals surface area contributed by atoms with Crippen molar-refractivity contribution in [3.63, 3.8) is 0 Å². The summed E-state index contributed by atoms with van der Waals surface area (Å²) in [5.41, 5.74) is 0.930. The Morgan fingerprint density at radius 3 is 2.49 bits per heavy atom. The van der Waals surface area contributed by atoms with Crippen LogP contribution in [0.4, 0.5) is 9.52 Å². The number of nitrogens with zero attached hydrogens (tertiary/aromatic N) is 2. The van der Waals surface area contributed by atoms with Gasteiger partial charge in [0.25, 0.3) is 5.78 Å². The first-order chi connectivity index (χ1) is 16.7. The van der Waals surface area contributed by atoms with Crippen molar-refractivity contribution in [3.05, 3.63) is 81.1 Å². The Labute approximate surface area is 204 Å². The second kappa shape index (κ2) is 9.30. The molecule has 2 heterocycles. The van der Waals surface area contributed by atoms with Crippen LogP contribution in [-0.4, -0.2) is 42.0 Å². The molecule has 1 fully saturated rings. The number of rotatable bonds is 5. The Bertz CT molecular complexity index is 1400. The fraction of sp³-hybridized carbons (Fsp3) is 0.200. The molecule has 1 aromatic heterocycles. The molecule has 1 saturated heterocycles. The zero-order valence-corrected chi connectivity index (χ0v) is 20.1. The Kier molecular flexibility index (Phi) is 6.40. The summed E-state index contributed by atoms with van der Waals surface area (Å²) < 4.78 is 25.0. The number of Topliss-reactive ketones (excluding diaryl/α,β-unsaturated/α-hetero) is 1. The Hall–Kier alpha value is -4.05. The molecule has 0 saturated carbocycles. The number of aliphatic hydroxyl groups is 1. The number of hydrogen-bond donors (Lipinski definition) is 1. The molecule has 8 nitrogen and oxygen atoms in total. The number of halogens is 1. The summed E-state index contributed by atoms with van der Waals surface area (Å²) in [6.07, 6.45) is 0. The normalized spacial score (nSPS) is 17.1. The van der Waals surface area contributed by atoms with Gasteiger partial charge in [0.1, 0.15) is 28.2 Å². The van der Waals surface area contributed by atoms with Crippen LogP contribution in [0.5, 0.6) is 5.75 Å². The van der Waals surface area contributed by atoms with Gasteiger partial charge in [-0.3, -0.25) is 14.5 Å². The van der Waals surface area contributed by atoms with Crippen LogP contribution < -0.4 is 9.64 Å². The lowest BCUT2D eigenvalue weighted by Gasteiger charge is -2.23. The van der Waals surface area contributed by atoms with Gasteiger partial charge < -0.3 is 14.6 Å². The maximum absolute atomic E-state index is 15.0. The SMILES string of the molecule is COC(=O)c1sc(N2C(=O)C(=O)C(=C(O)c3ccc(OC)c(C)c3)[C@H]2c2ccccc2F)nc1C. The summed E-state index contributed by atoms with van der Waals surface area (Å²) in [5, 5.41) is 11.2. The van der Waals surface area contributed by atoms with Crippen LogP contribution in [0, 0.1) is 19.7 Å². The smallest absolute Gasteiger partial charge is 0.350 e. The van der Waals surface area contributed by atoms with Gasteiger partial charge in [0.15, 0.2) is 5.13 Å². The van der Waals surface area contributed by atoms with Crippen LogP contribution in [0.1, 0.15) is 38.1 Å². The third-order valence-electron chi connectivity index (χ3n) is 5.67. The fourth-order valence-electron chi connectivity index (χ4n) is 3.97. The molecule has 4 rings (SSSR count). The zero-order valence-electron chi connectivity index (χ0n) is 19.3. The lowest BCUT2D eigenvalue weighted by atomic mass is 9.94. The molecular weight excluding hydrogens is 475 g/mol. The first-order valence-electron chi connectivity index (χ1n) is 10.5. The topological polar surface area (TPSA) is 106 Å². The van der Waals surface area contributed by atoms with Crippen molar-refractivity contribution in [1.82, 2.24) is 4.98 Å². The predicted molar refractivity (Wildman–Crippen MR) is 127 cm³/mol. The molecule has 0 bridgehead atoms. The fourth-order valence-corrected chi connectivity index (χ4v) is 4.98. The summed E-state index contributed by atoms with van der Waals surface area (Å²) >= 11 is 0.840. The van der Waals surface area contributed by atoms with Crippen molar-refractivity contribution in [3.8, 4) is 5.75 Å². The van der Waals surface area contributed by atoms with Gasteiger partial charge in [-0.2, -0.15) is 0 Å². The molecule has 180 valence electrons. The monoisotopic (exact) mass is 496 g/mol. The number of esters is 1. The second-order valence-corrected chi connectivity index (χ2v) is 8.76. The molecule has 1 atom stereocenters. The summed E-state index contributed by atoms with van der Waals surface area (Å²) in [7, 11) is 2.72. The van der Waals surface area contributed by atoms with Gasteiger partial charge in [-0.25, -0.2) is 14.2 Å². The number of amides is 1. The van der Waals surface area contributed by atoms with E-state index in [1.807, 2.05) is 0 Å². The highest BCUT2D eigenvalue weighted by atomic mass is 32.1. The summed E-state index contributed by atoms with van der Waals surface area (Å²) in [4.78, 5) is 44.0. The number of carbonyl (C=O) groups is 3. The number of aliphatic hydroxyl groups excluding tert-OH is 1. The van der Waals surface area contributed by atoms with E-state index in [2.05, 4.69) is 4.98 Å². The number of aryl methyl sites for hydroxylation is 2. The highest BCUT2D eigenvalue weighted by Gasteiger charge is 2.49. The van der Waals surface area contributed by atoms with Crippen LogP contribution in [0.2, 0.25) is 0 Å².